The van der Waals surface area contributed by atoms with Crippen molar-refractivity contribution in [1.29, 1.82) is 0 Å². The van der Waals surface area contributed by atoms with Crippen molar-refractivity contribution < 1.29 is 31.1 Å². The Hall–Kier alpha value is 1.01. The first-order valence-corrected chi connectivity index (χ1v) is 5.72. The van der Waals surface area contributed by atoms with Gasteiger partial charge in [0.25, 0.3) is 0 Å². The van der Waals surface area contributed by atoms with Gasteiger partial charge in [0.05, 0.1) is 0 Å². The molecule has 0 saturated heterocycles. The van der Waals surface area contributed by atoms with Crippen LogP contribution in [0, 0.1) is 0 Å². The molecule has 0 aromatic carbocycles. The summed E-state index contributed by atoms with van der Waals surface area (Å²) in [7, 11) is 0. The van der Waals surface area contributed by atoms with Gasteiger partial charge in [-0.05, 0) is 0 Å². The molecule has 4 nitrogen and oxygen atoms in total. The maximum atomic E-state index is 8.87. The predicted octanol–water partition coefficient (Wildman–Crippen LogP) is -2.27. The molecule has 0 aliphatic rings. The first kappa shape index (κ1) is 10.1. The van der Waals surface area contributed by atoms with E-state index in [0.717, 1.165) is 0 Å². The van der Waals surface area contributed by atoms with Crippen molar-refractivity contribution in [3.8, 4) is 0 Å². The van der Waals surface area contributed by atoms with E-state index in [4.69, 9.17) is 14.3 Å². The molecule has 0 spiro atoms. The molecular formula is H4O4SnW. The van der Waals surface area contributed by atoms with Crippen LogP contribution >= 0.6 is 0 Å². The van der Waals surface area contributed by atoms with Crippen molar-refractivity contribution in [2.75, 3.05) is 0 Å². The third kappa shape index (κ3) is 79.3. The van der Waals surface area contributed by atoms with Gasteiger partial charge in [-0.15, -0.1) is 0 Å². The molecule has 38 valence electrons. The summed E-state index contributed by atoms with van der Waals surface area (Å²) in [6.07, 6.45) is 0. The van der Waals surface area contributed by atoms with Crippen molar-refractivity contribution in [3.63, 3.8) is 0 Å². The number of hydrogen-bond donors (Lipinski definition) is 2. The molecule has 2 radical (unpaired) electrons. The third-order valence-corrected chi connectivity index (χ3v) is 0. The quantitative estimate of drug-likeness (QED) is 0.472. The molecule has 2 N–H and O–H groups in total. The molecule has 0 heterocycles. The summed E-state index contributed by atoms with van der Waals surface area (Å²) in [5.41, 5.74) is 0. The van der Waals surface area contributed by atoms with Gasteiger partial charge in [-0.1, -0.05) is 0 Å². The van der Waals surface area contributed by atoms with Crippen LogP contribution < -0.4 is 0 Å². The van der Waals surface area contributed by atoms with Gasteiger partial charge >= 0.3 is 55.0 Å². The van der Waals surface area contributed by atoms with E-state index in [1.54, 1.807) is 0 Å². The Morgan fingerprint density at radius 1 is 1.17 bits per heavy atom. The molecule has 0 aliphatic heterocycles. The summed E-state index contributed by atoms with van der Waals surface area (Å²) in [4.78, 5) is 0. The summed E-state index contributed by atoms with van der Waals surface area (Å²) in [5, 5.41) is 0. The van der Waals surface area contributed by atoms with Gasteiger partial charge in [0.2, 0.25) is 0 Å². The molecule has 6 heteroatoms. The average molecular weight is 371 g/mol. The van der Waals surface area contributed by atoms with E-state index in [1.807, 2.05) is 0 Å². The Labute approximate surface area is 54.8 Å². The molecule has 0 aliphatic carbocycles. The van der Waals surface area contributed by atoms with Gasteiger partial charge in [-0.3, -0.25) is 0 Å². The molecule has 0 saturated carbocycles. The molecule has 0 aromatic rings. The standard InChI is InChI=1S/2H2O.2O.Sn.W.2H/h2*1H2;;;;;;/q;;;;;+2;;/p-2. The van der Waals surface area contributed by atoms with Crippen LogP contribution in [0.3, 0.4) is 0 Å². The van der Waals surface area contributed by atoms with Crippen LogP contribution in [0.2, 0.25) is 0 Å². The second-order valence-corrected chi connectivity index (χ2v) is 3.67. The van der Waals surface area contributed by atoms with Gasteiger partial charge in [-0.2, -0.15) is 0 Å². The van der Waals surface area contributed by atoms with Crippen LogP contribution in [0.15, 0.2) is 0 Å². The molecule has 0 aromatic heterocycles. The number of rotatable bonds is 0. The fraction of sp³-hybridized carbons (Fsp3) is 0. The molecular weight excluding hydrogens is 367 g/mol. The minimum atomic E-state index is -5.67. The maximum absolute atomic E-state index is 8.87. The Balaban J connectivity index is 0. The normalized spacial score (nSPS) is 9.67. The van der Waals surface area contributed by atoms with Crippen LogP contribution in [0.25, 0.3) is 0 Å². The molecule has 0 fully saturated rings. The summed E-state index contributed by atoms with van der Waals surface area (Å²) in [6, 6.07) is 0. The van der Waals surface area contributed by atoms with Crippen molar-refractivity contribution in [2.45, 2.75) is 0 Å². The van der Waals surface area contributed by atoms with Gasteiger partial charge in [0, 0.05) is 0 Å². The summed E-state index contributed by atoms with van der Waals surface area (Å²) >= 11 is -5.67. The fourth-order valence-corrected chi connectivity index (χ4v) is 0. The van der Waals surface area contributed by atoms with E-state index < -0.39 is 16.7 Å². The molecule has 0 rings (SSSR count). The minimum absolute atomic E-state index is 0. The van der Waals surface area contributed by atoms with E-state index in [-0.39, 0.29) is 23.9 Å². The first-order chi connectivity index (χ1) is 2.00. The van der Waals surface area contributed by atoms with E-state index in [2.05, 4.69) is 0 Å². The molecule has 0 unspecified atom stereocenters. The van der Waals surface area contributed by atoms with Gasteiger partial charge < -0.3 is 0 Å². The van der Waals surface area contributed by atoms with Crippen molar-refractivity contribution in [3.05, 3.63) is 0 Å². The third-order valence-electron chi connectivity index (χ3n) is 0. The van der Waals surface area contributed by atoms with Crippen LogP contribution in [0.1, 0.15) is 0 Å². The Bertz CT molecular complexity index is 90.7. The Morgan fingerprint density at radius 2 is 1.17 bits per heavy atom. The zero-order valence-corrected chi connectivity index (χ0v) is 9.80. The Morgan fingerprint density at radius 3 is 1.17 bits per heavy atom. The van der Waals surface area contributed by atoms with Crippen LogP contribution in [-0.2, 0) is 23.5 Å². The molecule has 0 atom stereocenters. The average Bonchev–Trinajstić information content (AvgIpc) is 0.722. The van der Waals surface area contributed by atoms with Gasteiger partial charge in [0.1, 0.15) is 0 Å². The van der Waals surface area contributed by atoms with Crippen LogP contribution in [-0.4, -0.2) is 31.4 Å². The topological polar surface area (TPSA) is 74.6 Å². The zero-order valence-electron chi connectivity index (χ0n) is 2.83. The van der Waals surface area contributed by atoms with E-state index in [1.165, 1.54) is 0 Å². The summed E-state index contributed by atoms with van der Waals surface area (Å²) < 4.78 is 32.1. The monoisotopic (exact) mass is 372 g/mol. The van der Waals surface area contributed by atoms with E-state index >= 15 is 0 Å². The molecule has 0 amide bonds. The SMILES string of the molecule is [O]=[W](=[O])([OH])[OH].[SnH2]. The zero-order chi connectivity index (χ0) is 4.50. The predicted molar refractivity (Wildman–Crippen MR) is 14.4 cm³/mol. The van der Waals surface area contributed by atoms with Gasteiger partial charge in [0.15, 0.2) is 0 Å². The molecule has 6 heavy (non-hydrogen) atoms. The van der Waals surface area contributed by atoms with Crippen LogP contribution in [0.5, 0.6) is 0 Å². The first-order valence-electron chi connectivity index (χ1n) is 0.698. The fourth-order valence-electron chi connectivity index (χ4n) is 0. The summed E-state index contributed by atoms with van der Waals surface area (Å²) in [6.45, 7) is 0. The number of hydrogen-bond acceptors (Lipinski definition) is 2. The second kappa shape index (κ2) is 3.07. The van der Waals surface area contributed by atoms with Gasteiger partial charge in [-0.25, -0.2) is 0 Å². The van der Waals surface area contributed by atoms with E-state index in [0.29, 0.717) is 0 Å². The molecule has 0 bridgehead atoms. The van der Waals surface area contributed by atoms with Crippen molar-refractivity contribution in [2.24, 2.45) is 0 Å². The second-order valence-electron chi connectivity index (χ2n) is 0.448. The van der Waals surface area contributed by atoms with Crippen molar-refractivity contribution in [1.82, 2.24) is 0 Å². The van der Waals surface area contributed by atoms with E-state index in [9.17, 15) is 0 Å². The Kier molecular flexibility index (Phi) is 5.16. The van der Waals surface area contributed by atoms with Crippen LogP contribution in [0.4, 0.5) is 0 Å². The summed E-state index contributed by atoms with van der Waals surface area (Å²) in [5.74, 6) is 0. The van der Waals surface area contributed by atoms with Crippen molar-refractivity contribution >= 4 is 23.9 Å².